The number of carbonyl (C=O) groups is 4. The Labute approximate surface area is 651 Å². The van der Waals surface area contributed by atoms with E-state index in [1.807, 2.05) is 0 Å². The van der Waals surface area contributed by atoms with E-state index in [1.165, 1.54) is 295 Å². The summed E-state index contributed by atoms with van der Waals surface area (Å²) in [6.07, 6.45) is 73.5. The van der Waals surface area contributed by atoms with Gasteiger partial charge in [-0.2, -0.15) is 0 Å². The van der Waals surface area contributed by atoms with Gasteiger partial charge in [-0.3, -0.25) is 37.3 Å². The molecule has 0 saturated heterocycles. The Hall–Kier alpha value is -1.94. The van der Waals surface area contributed by atoms with Crippen molar-refractivity contribution >= 4 is 39.5 Å². The lowest BCUT2D eigenvalue weighted by Crippen LogP contribution is -2.30. The van der Waals surface area contributed by atoms with Crippen molar-refractivity contribution < 1.29 is 80.2 Å². The van der Waals surface area contributed by atoms with E-state index >= 15 is 0 Å². The Morgan fingerprint density at radius 1 is 0.255 bits per heavy atom. The van der Waals surface area contributed by atoms with Gasteiger partial charge in [0.2, 0.25) is 0 Å². The van der Waals surface area contributed by atoms with Crippen molar-refractivity contribution in [1.29, 1.82) is 0 Å². The van der Waals surface area contributed by atoms with Crippen molar-refractivity contribution in [2.24, 2.45) is 5.92 Å². The molecule has 3 N–H and O–H groups in total. The van der Waals surface area contributed by atoms with Crippen molar-refractivity contribution in [1.82, 2.24) is 0 Å². The molecule has 106 heavy (non-hydrogen) atoms. The van der Waals surface area contributed by atoms with Crippen LogP contribution in [0.2, 0.25) is 0 Å². The fourth-order valence-electron chi connectivity index (χ4n) is 13.6. The summed E-state index contributed by atoms with van der Waals surface area (Å²) in [5.74, 6) is -1.30. The molecule has 0 spiro atoms. The lowest BCUT2D eigenvalue weighted by Gasteiger charge is -2.21. The Morgan fingerprint density at radius 2 is 0.434 bits per heavy atom. The van der Waals surface area contributed by atoms with Crippen molar-refractivity contribution in [2.45, 2.75) is 490 Å². The predicted molar refractivity (Wildman–Crippen MR) is 437 cm³/mol. The zero-order chi connectivity index (χ0) is 77.6. The van der Waals surface area contributed by atoms with Crippen LogP contribution in [-0.4, -0.2) is 96.7 Å². The molecule has 0 fully saturated rings. The zero-order valence-corrected chi connectivity index (χ0v) is 71.4. The number of esters is 4. The molecule has 0 amide bonds. The molecule has 5 atom stereocenters. The summed E-state index contributed by atoms with van der Waals surface area (Å²) >= 11 is 0. The van der Waals surface area contributed by atoms with Crippen LogP contribution in [0.15, 0.2) is 0 Å². The van der Waals surface area contributed by atoms with Gasteiger partial charge in [-0.1, -0.05) is 420 Å². The lowest BCUT2D eigenvalue weighted by atomic mass is 10.0. The van der Waals surface area contributed by atoms with Crippen molar-refractivity contribution in [2.75, 3.05) is 39.6 Å². The number of phosphoric acid groups is 2. The molecule has 0 aromatic rings. The summed E-state index contributed by atoms with van der Waals surface area (Å²) in [5.41, 5.74) is 0. The van der Waals surface area contributed by atoms with Crippen LogP contribution < -0.4 is 0 Å². The number of hydrogen-bond acceptors (Lipinski definition) is 15. The molecule has 0 radical (unpaired) electrons. The Morgan fingerprint density at radius 3 is 0.642 bits per heavy atom. The van der Waals surface area contributed by atoms with E-state index in [0.29, 0.717) is 25.7 Å². The van der Waals surface area contributed by atoms with Gasteiger partial charge in [0, 0.05) is 25.7 Å². The van der Waals surface area contributed by atoms with Gasteiger partial charge >= 0.3 is 39.5 Å². The Bertz CT molecular complexity index is 2010. The molecule has 2 unspecified atom stereocenters. The molecule has 0 heterocycles. The third-order valence-electron chi connectivity index (χ3n) is 20.5. The minimum atomic E-state index is -4.97. The second kappa shape index (κ2) is 79.7. The zero-order valence-electron chi connectivity index (χ0n) is 69.6. The third kappa shape index (κ3) is 80.1. The van der Waals surface area contributed by atoms with E-state index in [4.69, 9.17) is 37.0 Å². The number of unbranched alkanes of at least 4 members (excludes halogenated alkanes) is 59. The van der Waals surface area contributed by atoms with Crippen LogP contribution in [0.4, 0.5) is 0 Å². The highest BCUT2D eigenvalue weighted by Gasteiger charge is 2.30. The standard InChI is InChI=1S/C87H170O17P2/c1-6-9-12-15-18-21-24-27-29-31-33-35-37-42-47-52-57-62-67-72-86(91)104-83(77-98-85(90)71-66-61-56-51-46-41-36-34-32-30-28-25-22-19-16-13-10-7-2)79-102-106(95,96)100-75-81(88)74-99-105(93,94)101-78-82(76-97-84(89)70-65-60-55-50-45-26-23-20-17-14-11-8-3)103-87(92)73-68-63-58-53-48-43-39-38-40-44-49-54-59-64-69-80(4)5/h80-83,88H,6-79H2,1-5H3,(H,93,94)(H,95,96)/t81-,82+,83+/m0/s1. The lowest BCUT2D eigenvalue weighted by molar-refractivity contribution is -0.161. The maximum Gasteiger partial charge on any atom is 0.472 e. The summed E-state index contributed by atoms with van der Waals surface area (Å²) < 4.78 is 69.0. The SMILES string of the molecule is CCCCCCCCCCCCCCCCCCCCCC(=O)O[C@H](COC(=O)CCCCCCCCCCCCCCCCCCCC)COP(=O)(O)OC[C@@H](O)COP(=O)(O)OC[C@@H](COC(=O)CCCCCCCCCCCCCC)OC(=O)CCCCCCCCCCCCCCCCC(C)C. The van der Waals surface area contributed by atoms with Crippen LogP contribution >= 0.6 is 15.6 Å². The van der Waals surface area contributed by atoms with Crippen LogP contribution in [0.25, 0.3) is 0 Å². The third-order valence-corrected chi connectivity index (χ3v) is 22.4. The monoisotopic (exact) mass is 1550 g/mol. The van der Waals surface area contributed by atoms with Gasteiger partial charge < -0.3 is 33.8 Å². The van der Waals surface area contributed by atoms with Gasteiger partial charge in [-0.05, 0) is 31.6 Å². The van der Waals surface area contributed by atoms with Crippen LogP contribution in [0.3, 0.4) is 0 Å². The number of aliphatic hydroxyl groups is 1. The Kier molecular flexibility index (Phi) is 78.2. The van der Waals surface area contributed by atoms with Gasteiger partial charge in [0.25, 0.3) is 0 Å². The topological polar surface area (TPSA) is 237 Å². The average Bonchev–Trinajstić information content (AvgIpc) is 0.902. The van der Waals surface area contributed by atoms with E-state index in [2.05, 4.69) is 34.6 Å². The summed E-state index contributed by atoms with van der Waals surface area (Å²) in [6, 6.07) is 0. The average molecular weight is 1550 g/mol. The molecule has 0 aliphatic rings. The van der Waals surface area contributed by atoms with Crippen molar-refractivity contribution in [3.8, 4) is 0 Å². The highest BCUT2D eigenvalue weighted by atomic mass is 31.2. The minimum Gasteiger partial charge on any atom is -0.462 e. The number of phosphoric ester groups is 2. The Balaban J connectivity index is 5.25. The highest BCUT2D eigenvalue weighted by molar-refractivity contribution is 7.47. The number of aliphatic hydroxyl groups excluding tert-OH is 1. The molecular weight excluding hydrogens is 1380 g/mol. The second-order valence-corrected chi connectivity index (χ2v) is 34.7. The van der Waals surface area contributed by atoms with E-state index < -0.39 is 97.5 Å². The second-order valence-electron chi connectivity index (χ2n) is 31.8. The molecule has 630 valence electrons. The van der Waals surface area contributed by atoms with Crippen LogP contribution in [-0.2, 0) is 65.4 Å². The van der Waals surface area contributed by atoms with Gasteiger partial charge in [0.05, 0.1) is 26.4 Å². The summed E-state index contributed by atoms with van der Waals surface area (Å²) in [4.78, 5) is 73.3. The fraction of sp³-hybridized carbons (Fsp3) is 0.954. The van der Waals surface area contributed by atoms with E-state index in [0.717, 1.165) is 95.8 Å². The normalized spacial score (nSPS) is 13.7. The molecule has 17 nitrogen and oxygen atoms in total. The molecule has 0 rings (SSSR count). The van der Waals surface area contributed by atoms with Gasteiger partial charge in [-0.15, -0.1) is 0 Å². The molecule has 0 saturated carbocycles. The van der Waals surface area contributed by atoms with Gasteiger partial charge in [-0.25, -0.2) is 9.13 Å². The molecular formula is C87H170O17P2. The first-order chi connectivity index (χ1) is 51.5. The van der Waals surface area contributed by atoms with Gasteiger partial charge in [0.15, 0.2) is 12.2 Å². The summed E-state index contributed by atoms with van der Waals surface area (Å²) in [7, 11) is -9.93. The number of hydrogen-bond donors (Lipinski definition) is 3. The number of carbonyl (C=O) groups excluding carboxylic acids is 4. The van der Waals surface area contributed by atoms with E-state index in [9.17, 15) is 43.2 Å². The van der Waals surface area contributed by atoms with E-state index in [-0.39, 0.29) is 25.7 Å². The molecule has 19 heteroatoms. The smallest absolute Gasteiger partial charge is 0.462 e. The molecule has 0 aromatic heterocycles. The fourth-order valence-corrected chi connectivity index (χ4v) is 15.2. The molecule has 0 bridgehead atoms. The maximum absolute atomic E-state index is 13.2. The first-order valence-electron chi connectivity index (χ1n) is 45.1. The molecule has 0 aliphatic heterocycles. The first kappa shape index (κ1) is 104. The quantitative estimate of drug-likeness (QED) is 0.0222. The molecule has 0 aromatic carbocycles. The number of rotatable bonds is 87. The number of ether oxygens (including phenoxy) is 4. The van der Waals surface area contributed by atoms with Crippen LogP contribution in [0.1, 0.15) is 471 Å². The largest absolute Gasteiger partial charge is 0.472 e. The van der Waals surface area contributed by atoms with Crippen LogP contribution in [0, 0.1) is 5.92 Å². The van der Waals surface area contributed by atoms with Crippen molar-refractivity contribution in [3.63, 3.8) is 0 Å². The van der Waals surface area contributed by atoms with Crippen molar-refractivity contribution in [3.05, 3.63) is 0 Å². The minimum absolute atomic E-state index is 0.108. The van der Waals surface area contributed by atoms with E-state index in [1.54, 1.807) is 0 Å². The maximum atomic E-state index is 13.2. The first-order valence-corrected chi connectivity index (χ1v) is 48.1. The highest BCUT2D eigenvalue weighted by Crippen LogP contribution is 2.45. The predicted octanol–water partition coefficient (Wildman–Crippen LogP) is 26.8. The van der Waals surface area contributed by atoms with Gasteiger partial charge in [0.1, 0.15) is 19.3 Å². The molecule has 0 aliphatic carbocycles. The summed E-state index contributed by atoms with van der Waals surface area (Å²) in [5, 5.41) is 10.7. The summed E-state index contributed by atoms with van der Waals surface area (Å²) in [6.45, 7) is 7.40. The van der Waals surface area contributed by atoms with Crippen LogP contribution in [0.5, 0.6) is 0 Å².